The summed E-state index contributed by atoms with van der Waals surface area (Å²) in [5.41, 5.74) is 0.808. The van der Waals surface area contributed by atoms with Gasteiger partial charge in [-0.05, 0) is 50.5 Å². The molecule has 2 atom stereocenters. The van der Waals surface area contributed by atoms with E-state index >= 15 is 0 Å². The van der Waals surface area contributed by atoms with Gasteiger partial charge >= 0.3 is 6.09 Å². The van der Waals surface area contributed by atoms with Crippen LogP contribution in [0.1, 0.15) is 37.9 Å². The Balaban J connectivity index is 2.25. The van der Waals surface area contributed by atoms with Gasteiger partial charge in [0.2, 0.25) is 0 Å². The number of carbonyl (C=O) groups is 3. The highest BCUT2D eigenvalue weighted by Gasteiger charge is 2.36. The molecule has 0 aromatic heterocycles. The molecule has 0 bridgehead atoms. The van der Waals surface area contributed by atoms with Crippen molar-refractivity contribution in [3.63, 3.8) is 0 Å². The summed E-state index contributed by atoms with van der Waals surface area (Å²) in [6.45, 7) is 5.11. The van der Waals surface area contributed by atoms with Gasteiger partial charge in [-0.25, -0.2) is 4.79 Å². The van der Waals surface area contributed by atoms with Gasteiger partial charge in [-0.15, -0.1) is 0 Å². The molecule has 0 fully saturated rings. The van der Waals surface area contributed by atoms with Crippen LogP contribution >= 0.6 is 11.6 Å². The van der Waals surface area contributed by atoms with Gasteiger partial charge in [0.15, 0.2) is 6.61 Å². The fraction of sp³-hybridized carbons (Fsp3) is 0.500. The van der Waals surface area contributed by atoms with E-state index in [1.807, 2.05) is 0 Å². The van der Waals surface area contributed by atoms with Crippen molar-refractivity contribution in [3.8, 4) is 5.75 Å². The number of benzene rings is 1. The predicted molar refractivity (Wildman–Crippen MR) is 96.4 cm³/mol. The van der Waals surface area contributed by atoms with E-state index in [4.69, 9.17) is 21.1 Å². The smallest absolute Gasteiger partial charge is 0.408 e. The van der Waals surface area contributed by atoms with Gasteiger partial charge in [-0.2, -0.15) is 0 Å². The maximum Gasteiger partial charge on any atom is 0.408 e. The van der Waals surface area contributed by atoms with Crippen LogP contribution in [-0.4, -0.2) is 37.5 Å². The van der Waals surface area contributed by atoms with Crippen LogP contribution in [0.2, 0.25) is 5.02 Å². The van der Waals surface area contributed by atoms with Crippen molar-refractivity contribution < 1.29 is 23.9 Å². The lowest BCUT2D eigenvalue weighted by Gasteiger charge is -2.23. The Labute approximate surface area is 157 Å². The molecule has 1 aliphatic carbocycles. The van der Waals surface area contributed by atoms with Crippen molar-refractivity contribution in [2.24, 2.45) is 5.92 Å². The first kappa shape index (κ1) is 20.0. The van der Waals surface area contributed by atoms with Crippen LogP contribution < -0.4 is 15.4 Å². The van der Waals surface area contributed by atoms with Gasteiger partial charge in [0.1, 0.15) is 17.6 Å². The molecule has 0 radical (unpaired) electrons. The summed E-state index contributed by atoms with van der Waals surface area (Å²) < 4.78 is 10.7. The number of amides is 2. The first-order valence-corrected chi connectivity index (χ1v) is 8.63. The van der Waals surface area contributed by atoms with Crippen molar-refractivity contribution in [2.75, 3.05) is 13.7 Å². The summed E-state index contributed by atoms with van der Waals surface area (Å²) in [5, 5.41) is 5.62. The highest BCUT2D eigenvalue weighted by atomic mass is 35.5. The Morgan fingerprint density at radius 3 is 2.62 bits per heavy atom. The summed E-state index contributed by atoms with van der Waals surface area (Å²) in [4.78, 5) is 35.0. The quantitative estimate of drug-likeness (QED) is 0.763. The zero-order chi connectivity index (χ0) is 19.5. The van der Waals surface area contributed by atoms with Gasteiger partial charge < -0.3 is 24.9 Å². The molecule has 26 heavy (non-hydrogen) atoms. The Bertz CT molecular complexity index is 714. The zero-order valence-electron chi connectivity index (χ0n) is 15.2. The third-order valence-corrected chi connectivity index (χ3v) is 4.24. The van der Waals surface area contributed by atoms with Crippen LogP contribution in [0.3, 0.4) is 0 Å². The van der Waals surface area contributed by atoms with E-state index < -0.39 is 23.7 Å². The number of ether oxygens (including phenoxy) is 2. The molecular weight excluding hydrogens is 360 g/mol. The number of fused-ring (bicyclic) bond motifs is 1. The second-order valence-corrected chi connectivity index (χ2v) is 7.47. The molecule has 142 valence electrons. The van der Waals surface area contributed by atoms with E-state index in [2.05, 4.69) is 10.6 Å². The van der Waals surface area contributed by atoms with Crippen LogP contribution in [0, 0.1) is 5.92 Å². The van der Waals surface area contributed by atoms with Gasteiger partial charge in [-0.1, -0.05) is 11.6 Å². The molecule has 0 aliphatic heterocycles. The van der Waals surface area contributed by atoms with Crippen molar-refractivity contribution in [1.29, 1.82) is 0 Å². The van der Waals surface area contributed by atoms with Gasteiger partial charge in [0.05, 0.1) is 6.04 Å². The van der Waals surface area contributed by atoms with E-state index in [0.29, 0.717) is 22.8 Å². The fourth-order valence-corrected chi connectivity index (χ4v) is 3.05. The maximum absolute atomic E-state index is 12.1. The molecule has 8 heteroatoms. The monoisotopic (exact) mass is 382 g/mol. The number of hydrogen-bond donors (Lipinski definition) is 2. The maximum atomic E-state index is 12.1. The van der Waals surface area contributed by atoms with Crippen molar-refractivity contribution in [1.82, 2.24) is 10.6 Å². The molecule has 0 saturated heterocycles. The second kappa shape index (κ2) is 7.95. The molecule has 0 spiro atoms. The standard InChI is InChI=1S/C18H23ClN2O5/c1-18(2,3)26-17(24)21-16-10(8-22)5-12-13(16)6-11(7-14(12)19)25-9-15(23)20-4/h6-8,10,16H,5,9H2,1-4H3,(H,20,23)(H,21,24)/t10-,16?/m0/s1. The van der Waals surface area contributed by atoms with Crippen molar-refractivity contribution >= 4 is 29.9 Å². The third-order valence-electron chi connectivity index (χ3n) is 3.90. The average Bonchev–Trinajstić information content (AvgIpc) is 2.89. The number of rotatable bonds is 5. The lowest BCUT2D eigenvalue weighted by atomic mass is 10.0. The summed E-state index contributed by atoms with van der Waals surface area (Å²) in [5.74, 6) is -0.347. The number of halogens is 1. The Morgan fingerprint density at radius 2 is 2.04 bits per heavy atom. The summed E-state index contributed by atoms with van der Waals surface area (Å²) in [6.07, 6.45) is 0.590. The molecule has 2 amide bonds. The predicted octanol–water partition coefficient (Wildman–Crippen LogP) is 2.40. The van der Waals surface area contributed by atoms with E-state index in [9.17, 15) is 14.4 Å². The molecule has 7 nitrogen and oxygen atoms in total. The highest BCUT2D eigenvalue weighted by molar-refractivity contribution is 6.31. The van der Waals surface area contributed by atoms with Crippen LogP contribution in [0.25, 0.3) is 0 Å². The second-order valence-electron chi connectivity index (χ2n) is 7.06. The lowest BCUT2D eigenvalue weighted by Crippen LogP contribution is -2.36. The molecule has 1 unspecified atom stereocenters. The molecule has 1 aliphatic rings. The molecule has 0 heterocycles. The molecular formula is C18H23ClN2O5. The summed E-state index contributed by atoms with van der Waals surface area (Å²) in [6, 6.07) is 2.72. The number of aldehydes is 1. The number of hydrogen-bond acceptors (Lipinski definition) is 5. The third kappa shape index (κ3) is 4.88. The van der Waals surface area contributed by atoms with Gasteiger partial charge in [0.25, 0.3) is 5.91 Å². The highest BCUT2D eigenvalue weighted by Crippen LogP contribution is 2.41. The number of alkyl carbamates (subject to hydrolysis) is 1. The van der Waals surface area contributed by atoms with Crippen LogP contribution in [0.5, 0.6) is 5.75 Å². The van der Waals surface area contributed by atoms with E-state index in [1.165, 1.54) is 7.05 Å². The van der Waals surface area contributed by atoms with E-state index in [-0.39, 0.29) is 12.5 Å². The van der Waals surface area contributed by atoms with Crippen LogP contribution in [0.15, 0.2) is 12.1 Å². The molecule has 1 aromatic carbocycles. The van der Waals surface area contributed by atoms with Crippen molar-refractivity contribution in [3.05, 3.63) is 28.3 Å². The number of carbonyl (C=O) groups excluding carboxylic acids is 3. The van der Waals surface area contributed by atoms with Crippen LogP contribution in [0.4, 0.5) is 4.79 Å². The van der Waals surface area contributed by atoms with Gasteiger partial charge in [-0.3, -0.25) is 4.79 Å². The largest absolute Gasteiger partial charge is 0.484 e. The SMILES string of the molecule is CNC(=O)COc1cc(Cl)c2c(c1)C(NC(=O)OC(C)(C)C)[C@H](C=O)C2. The molecule has 1 aromatic rings. The zero-order valence-corrected chi connectivity index (χ0v) is 16.0. The Hall–Kier alpha value is -2.28. The molecule has 2 N–H and O–H groups in total. The van der Waals surface area contributed by atoms with Gasteiger partial charge in [0, 0.05) is 18.0 Å². The summed E-state index contributed by atoms with van der Waals surface area (Å²) in [7, 11) is 1.51. The topological polar surface area (TPSA) is 93.7 Å². The van der Waals surface area contributed by atoms with E-state index in [1.54, 1.807) is 32.9 Å². The fourth-order valence-electron chi connectivity index (χ4n) is 2.76. The minimum Gasteiger partial charge on any atom is -0.484 e. The minimum absolute atomic E-state index is 0.160. The lowest BCUT2D eigenvalue weighted by molar-refractivity contribution is -0.122. The molecule has 2 rings (SSSR count). The van der Waals surface area contributed by atoms with Crippen molar-refractivity contribution in [2.45, 2.75) is 38.8 Å². The Morgan fingerprint density at radius 1 is 1.35 bits per heavy atom. The first-order valence-electron chi connectivity index (χ1n) is 8.25. The van der Waals surface area contributed by atoms with Crippen LogP contribution in [-0.2, 0) is 20.7 Å². The number of nitrogens with one attached hydrogen (secondary N) is 2. The summed E-state index contributed by atoms with van der Waals surface area (Å²) >= 11 is 6.31. The first-order chi connectivity index (χ1) is 12.1. The van der Waals surface area contributed by atoms with E-state index in [0.717, 1.165) is 11.8 Å². The number of likely N-dealkylation sites (N-methyl/N-ethyl adjacent to an activating group) is 1. The molecule has 0 saturated carbocycles. The normalized spacial score (nSPS) is 18.7. The average molecular weight is 383 g/mol. The minimum atomic E-state index is -0.654. The Kier molecular flexibility index (Phi) is 6.13.